The lowest BCUT2D eigenvalue weighted by Crippen LogP contribution is -2.18. The molecule has 2 heteroatoms. The molecule has 58 valence electrons. The van der Waals surface area contributed by atoms with Gasteiger partial charge in [-0.3, -0.25) is 5.32 Å². The van der Waals surface area contributed by atoms with Gasteiger partial charge in [-0.25, -0.2) is 0 Å². The van der Waals surface area contributed by atoms with E-state index in [0.29, 0.717) is 0 Å². The van der Waals surface area contributed by atoms with Crippen LogP contribution in [0.4, 0.5) is 0 Å². The lowest BCUT2D eigenvalue weighted by Gasteiger charge is -2.06. The van der Waals surface area contributed by atoms with Crippen LogP contribution in [-0.4, -0.2) is 6.54 Å². The lowest BCUT2D eigenvalue weighted by molar-refractivity contribution is 0.465. The van der Waals surface area contributed by atoms with Gasteiger partial charge in [0.15, 0.2) is 0 Å². The summed E-state index contributed by atoms with van der Waals surface area (Å²) in [5.41, 5.74) is 0. The van der Waals surface area contributed by atoms with Crippen LogP contribution in [0, 0.1) is 12.3 Å². The minimum absolute atomic E-state index is 0.0880. The highest BCUT2D eigenvalue weighted by molar-refractivity contribution is 5.15. The molecule has 11 heavy (non-hydrogen) atoms. The molecular weight excluding hydrogens is 138 g/mol. The van der Waals surface area contributed by atoms with Crippen molar-refractivity contribution < 1.29 is 4.42 Å². The zero-order valence-corrected chi connectivity index (χ0v) is 6.50. The van der Waals surface area contributed by atoms with Crippen LogP contribution in [0.25, 0.3) is 0 Å². The average molecular weight is 149 g/mol. The van der Waals surface area contributed by atoms with Gasteiger partial charge in [0.1, 0.15) is 11.8 Å². The van der Waals surface area contributed by atoms with E-state index in [1.807, 2.05) is 19.1 Å². The summed E-state index contributed by atoms with van der Waals surface area (Å²) in [6.07, 6.45) is 6.90. The third-order valence-electron chi connectivity index (χ3n) is 1.40. The molecule has 0 saturated heterocycles. The molecular formula is C9H11NO. The molecule has 0 fully saturated rings. The van der Waals surface area contributed by atoms with E-state index in [1.54, 1.807) is 6.26 Å². The topological polar surface area (TPSA) is 25.2 Å². The van der Waals surface area contributed by atoms with Crippen LogP contribution in [-0.2, 0) is 0 Å². The summed E-state index contributed by atoms with van der Waals surface area (Å²) in [7, 11) is 0. The molecule has 1 unspecified atom stereocenters. The quantitative estimate of drug-likeness (QED) is 0.660. The Labute approximate surface area is 66.6 Å². The molecule has 1 N–H and O–H groups in total. The number of furan rings is 1. The van der Waals surface area contributed by atoms with Crippen LogP contribution >= 0.6 is 0 Å². The van der Waals surface area contributed by atoms with Gasteiger partial charge < -0.3 is 4.42 Å². The van der Waals surface area contributed by atoms with Gasteiger partial charge in [0, 0.05) is 0 Å². The first-order chi connectivity index (χ1) is 5.38. The molecule has 1 aromatic rings. The number of hydrogen-bond donors (Lipinski definition) is 1. The van der Waals surface area contributed by atoms with E-state index >= 15 is 0 Å². The highest BCUT2D eigenvalue weighted by Crippen LogP contribution is 2.11. The number of hydrogen-bond acceptors (Lipinski definition) is 2. The van der Waals surface area contributed by atoms with Crippen LogP contribution in [0.15, 0.2) is 22.8 Å². The molecule has 1 heterocycles. The fourth-order valence-corrected chi connectivity index (χ4v) is 0.901. The number of terminal acetylenes is 1. The predicted molar refractivity (Wildman–Crippen MR) is 44.0 cm³/mol. The summed E-state index contributed by atoms with van der Waals surface area (Å²) >= 11 is 0. The Bertz CT molecular complexity index is 233. The Morgan fingerprint density at radius 2 is 2.64 bits per heavy atom. The van der Waals surface area contributed by atoms with Gasteiger partial charge in [0.05, 0.1) is 6.26 Å². The molecule has 0 amide bonds. The molecule has 2 nitrogen and oxygen atoms in total. The summed E-state index contributed by atoms with van der Waals surface area (Å²) in [4.78, 5) is 0. The molecule has 0 bridgehead atoms. The van der Waals surface area contributed by atoms with Crippen LogP contribution in [0.2, 0.25) is 0 Å². The Hall–Kier alpha value is -1.20. The number of rotatable bonds is 3. The SMILES string of the molecule is C#CC(NCC)c1ccco1. The van der Waals surface area contributed by atoms with Crippen molar-refractivity contribution in [3.8, 4) is 12.3 Å². The fourth-order valence-electron chi connectivity index (χ4n) is 0.901. The summed E-state index contributed by atoms with van der Waals surface area (Å²) in [5.74, 6) is 3.40. The molecule has 0 aliphatic heterocycles. The van der Waals surface area contributed by atoms with Crippen LogP contribution in [0.1, 0.15) is 18.7 Å². The summed E-state index contributed by atoms with van der Waals surface area (Å²) in [6, 6.07) is 3.61. The summed E-state index contributed by atoms with van der Waals surface area (Å²) < 4.78 is 5.13. The molecule has 0 aliphatic carbocycles. The van der Waals surface area contributed by atoms with Crippen molar-refractivity contribution in [2.24, 2.45) is 0 Å². The second kappa shape index (κ2) is 3.85. The Kier molecular flexibility index (Phi) is 2.76. The Morgan fingerprint density at radius 1 is 1.82 bits per heavy atom. The van der Waals surface area contributed by atoms with Crippen LogP contribution < -0.4 is 5.32 Å². The highest BCUT2D eigenvalue weighted by Gasteiger charge is 2.07. The Morgan fingerprint density at radius 3 is 3.09 bits per heavy atom. The maximum atomic E-state index is 5.28. The zero-order chi connectivity index (χ0) is 8.10. The van der Waals surface area contributed by atoms with Crippen molar-refractivity contribution in [2.45, 2.75) is 13.0 Å². The van der Waals surface area contributed by atoms with Crippen molar-refractivity contribution in [1.29, 1.82) is 0 Å². The highest BCUT2D eigenvalue weighted by atomic mass is 16.3. The van der Waals surface area contributed by atoms with Crippen molar-refractivity contribution in [3.63, 3.8) is 0 Å². The second-order valence-electron chi connectivity index (χ2n) is 2.17. The summed E-state index contributed by atoms with van der Waals surface area (Å²) in [5, 5.41) is 3.10. The monoisotopic (exact) mass is 149 g/mol. The third kappa shape index (κ3) is 1.86. The van der Waals surface area contributed by atoms with Crippen molar-refractivity contribution in [1.82, 2.24) is 5.32 Å². The van der Waals surface area contributed by atoms with Crippen LogP contribution in [0.5, 0.6) is 0 Å². The van der Waals surface area contributed by atoms with E-state index in [-0.39, 0.29) is 6.04 Å². The van der Waals surface area contributed by atoms with Gasteiger partial charge in [-0.15, -0.1) is 6.42 Å². The minimum atomic E-state index is -0.0880. The van der Waals surface area contributed by atoms with Crippen molar-refractivity contribution in [2.75, 3.05) is 6.54 Å². The van der Waals surface area contributed by atoms with Gasteiger partial charge in [-0.1, -0.05) is 12.8 Å². The smallest absolute Gasteiger partial charge is 0.132 e. The zero-order valence-electron chi connectivity index (χ0n) is 6.50. The largest absolute Gasteiger partial charge is 0.467 e. The summed E-state index contributed by atoms with van der Waals surface area (Å²) in [6.45, 7) is 2.85. The van der Waals surface area contributed by atoms with E-state index in [2.05, 4.69) is 11.2 Å². The van der Waals surface area contributed by atoms with Crippen molar-refractivity contribution in [3.05, 3.63) is 24.2 Å². The molecule has 0 radical (unpaired) electrons. The van der Waals surface area contributed by atoms with E-state index < -0.39 is 0 Å². The standard InChI is InChI=1S/C9H11NO/c1-3-8(10-4-2)9-6-5-7-11-9/h1,5-8,10H,4H2,2H3. The molecule has 1 atom stereocenters. The van der Waals surface area contributed by atoms with E-state index in [0.717, 1.165) is 12.3 Å². The molecule has 1 rings (SSSR count). The van der Waals surface area contributed by atoms with E-state index in [4.69, 9.17) is 10.8 Å². The average Bonchev–Trinajstić information content (AvgIpc) is 2.52. The first-order valence-corrected chi connectivity index (χ1v) is 3.61. The maximum Gasteiger partial charge on any atom is 0.132 e. The maximum absolute atomic E-state index is 5.28. The minimum Gasteiger partial charge on any atom is -0.467 e. The number of nitrogens with one attached hydrogen (secondary N) is 1. The Balaban J connectivity index is 2.65. The molecule has 0 saturated carbocycles. The van der Waals surface area contributed by atoms with E-state index in [9.17, 15) is 0 Å². The molecule has 0 aliphatic rings. The second-order valence-corrected chi connectivity index (χ2v) is 2.17. The van der Waals surface area contributed by atoms with Gasteiger partial charge in [-0.2, -0.15) is 0 Å². The molecule has 0 spiro atoms. The van der Waals surface area contributed by atoms with Gasteiger partial charge in [0.2, 0.25) is 0 Å². The fraction of sp³-hybridized carbons (Fsp3) is 0.333. The molecule has 0 aromatic carbocycles. The van der Waals surface area contributed by atoms with E-state index in [1.165, 1.54) is 0 Å². The van der Waals surface area contributed by atoms with Gasteiger partial charge in [-0.05, 0) is 18.7 Å². The first kappa shape index (κ1) is 7.90. The van der Waals surface area contributed by atoms with Gasteiger partial charge >= 0.3 is 0 Å². The van der Waals surface area contributed by atoms with Crippen molar-refractivity contribution >= 4 is 0 Å². The first-order valence-electron chi connectivity index (χ1n) is 3.61. The van der Waals surface area contributed by atoms with Crippen LogP contribution in [0.3, 0.4) is 0 Å². The predicted octanol–water partition coefficient (Wildman–Crippen LogP) is 1.56. The normalized spacial score (nSPS) is 12.4. The lowest BCUT2D eigenvalue weighted by atomic mass is 10.2. The molecule has 1 aromatic heterocycles. The third-order valence-corrected chi connectivity index (χ3v) is 1.40. The van der Waals surface area contributed by atoms with Gasteiger partial charge in [0.25, 0.3) is 0 Å².